The monoisotopic (exact) mass is 463 g/mol. The van der Waals surface area contributed by atoms with Gasteiger partial charge in [0.1, 0.15) is 5.39 Å². The number of anilines is 2. The van der Waals surface area contributed by atoms with Gasteiger partial charge in [0.05, 0.1) is 12.7 Å². The average molecular weight is 464 g/mol. The standard InChI is InChI=1S/C25H30FN7O/c1-4-32-23(34)20-14-29-24(30-18-6-5-17-13-27-9-7-16(17)11-18)31-22(20)33(32)19-8-10-28-21(12-19)25(2,3)15-26/h5-6,8,10-11,14,21,27H,4,7,9,12-13,15H2,1-3H3,(H,29,30,31). The van der Waals surface area contributed by atoms with Gasteiger partial charge in [0.2, 0.25) is 5.95 Å². The summed E-state index contributed by atoms with van der Waals surface area (Å²) < 4.78 is 17.2. The van der Waals surface area contributed by atoms with Crippen LogP contribution < -0.4 is 16.2 Å². The number of alkyl halides is 1. The van der Waals surface area contributed by atoms with E-state index in [2.05, 4.69) is 32.7 Å². The molecule has 1 unspecified atom stereocenters. The molecule has 0 aliphatic carbocycles. The first kappa shape index (κ1) is 22.5. The number of nitrogens with one attached hydrogen (secondary N) is 2. The van der Waals surface area contributed by atoms with E-state index in [1.54, 1.807) is 17.1 Å². The summed E-state index contributed by atoms with van der Waals surface area (Å²) in [6, 6.07) is 6.05. The summed E-state index contributed by atoms with van der Waals surface area (Å²) in [5, 5.41) is 7.14. The van der Waals surface area contributed by atoms with Crippen molar-refractivity contribution in [2.45, 2.75) is 52.7 Å². The lowest BCUT2D eigenvalue weighted by atomic mass is 9.83. The number of aliphatic imine (C=N–C) groups is 1. The van der Waals surface area contributed by atoms with Gasteiger partial charge >= 0.3 is 0 Å². The summed E-state index contributed by atoms with van der Waals surface area (Å²) in [5.41, 5.74) is 4.18. The van der Waals surface area contributed by atoms with E-state index in [0.29, 0.717) is 29.9 Å². The van der Waals surface area contributed by atoms with Crippen molar-refractivity contribution < 1.29 is 4.39 Å². The van der Waals surface area contributed by atoms with E-state index in [0.717, 1.165) is 30.9 Å². The van der Waals surface area contributed by atoms with Crippen LogP contribution in [0, 0.1) is 5.41 Å². The van der Waals surface area contributed by atoms with Gasteiger partial charge in [-0.15, -0.1) is 0 Å². The lowest BCUT2D eigenvalue weighted by molar-refractivity contribution is 0.211. The maximum Gasteiger partial charge on any atom is 0.278 e. The smallest absolute Gasteiger partial charge is 0.278 e. The predicted molar refractivity (Wildman–Crippen MR) is 134 cm³/mol. The number of dihydropyridines is 1. The molecule has 1 atom stereocenters. The van der Waals surface area contributed by atoms with Crippen LogP contribution in [0.3, 0.4) is 0 Å². The number of nitrogens with zero attached hydrogens (tertiary/aromatic N) is 5. The highest BCUT2D eigenvalue weighted by Gasteiger charge is 2.32. The average Bonchev–Trinajstić information content (AvgIpc) is 3.14. The Labute approximate surface area is 197 Å². The Balaban J connectivity index is 1.54. The normalized spacial score (nSPS) is 18.1. The molecule has 178 valence electrons. The first-order chi connectivity index (χ1) is 16.4. The highest BCUT2D eigenvalue weighted by molar-refractivity contribution is 5.85. The molecule has 0 spiro atoms. The number of rotatable bonds is 6. The third-order valence-electron chi connectivity index (χ3n) is 6.78. The summed E-state index contributed by atoms with van der Waals surface area (Å²) in [7, 11) is 0. The van der Waals surface area contributed by atoms with Gasteiger partial charge in [-0.2, -0.15) is 4.98 Å². The molecule has 9 heteroatoms. The maximum atomic E-state index is 13.7. The number of allylic oxidation sites excluding steroid dienone is 1. The zero-order valence-corrected chi connectivity index (χ0v) is 19.8. The van der Waals surface area contributed by atoms with Crippen molar-refractivity contribution in [3.63, 3.8) is 0 Å². The summed E-state index contributed by atoms with van der Waals surface area (Å²) in [4.78, 5) is 26.8. The van der Waals surface area contributed by atoms with E-state index < -0.39 is 12.1 Å². The number of benzene rings is 1. The molecular formula is C25H30FN7O. The van der Waals surface area contributed by atoms with Crippen molar-refractivity contribution in [1.29, 1.82) is 0 Å². The number of halogens is 1. The molecule has 5 rings (SSSR count). The van der Waals surface area contributed by atoms with E-state index in [1.807, 2.05) is 37.6 Å². The maximum absolute atomic E-state index is 13.7. The molecule has 0 radical (unpaired) electrons. The number of fused-ring (bicyclic) bond motifs is 2. The van der Waals surface area contributed by atoms with E-state index in [4.69, 9.17) is 4.98 Å². The second kappa shape index (κ2) is 8.79. The Hall–Kier alpha value is -3.33. The van der Waals surface area contributed by atoms with Crippen LogP contribution >= 0.6 is 0 Å². The topological polar surface area (TPSA) is 89.1 Å². The van der Waals surface area contributed by atoms with Crippen LogP contribution in [0.2, 0.25) is 0 Å². The molecule has 34 heavy (non-hydrogen) atoms. The molecule has 0 amide bonds. The molecule has 2 aromatic heterocycles. The zero-order valence-electron chi connectivity index (χ0n) is 19.8. The van der Waals surface area contributed by atoms with Crippen molar-refractivity contribution in [3.05, 3.63) is 52.0 Å². The second-order valence-corrected chi connectivity index (χ2v) is 9.60. The SMILES string of the molecule is CCn1c(=O)c2cnc(Nc3ccc4c(c3)CCNC4)nc2n1C1=CC=NC(C(C)(C)CF)C1. The van der Waals surface area contributed by atoms with E-state index in [-0.39, 0.29) is 11.6 Å². The Morgan fingerprint density at radius 3 is 2.94 bits per heavy atom. The summed E-state index contributed by atoms with van der Waals surface area (Å²) in [6.07, 6.45) is 6.67. The van der Waals surface area contributed by atoms with Crippen molar-refractivity contribution in [3.8, 4) is 0 Å². The van der Waals surface area contributed by atoms with Crippen LogP contribution in [-0.4, -0.2) is 44.8 Å². The fourth-order valence-corrected chi connectivity index (χ4v) is 4.63. The lowest BCUT2D eigenvalue weighted by Crippen LogP contribution is -2.33. The minimum Gasteiger partial charge on any atom is -0.324 e. The molecule has 0 saturated carbocycles. The predicted octanol–water partition coefficient (Wildman–Crippen LogP) is 3.68. The molecule has 2 aliphatic heterocycles. The Morgan fingerprint density at radius 2 is 2.15 bits per heavy atom. The van der Waals surface area contributed by atoms with Gasteiger partial charge in [-0.3, -0.25) is 14.2 Å². The summed E-state index contributed by atoms with van der Waals surface area (Å²) >= 11 is 0. The van der Waals surface area contributed by atoms with Crippen molar-refractivity contribution in [1.82, 2.24) is 24.6 Å². The van der Waals surface area contributed by atoms with Crippen molar-refractivity contribution in [2.75, 3.05) is 18.5 Å². The fraction of sp³-hybridized carbons (Fsp3) is 0.440. The number of hydrogen-bond acceptors (Lipinski definition) is 6. The summed E-state index contributed by atoms with van der Waals surface area (Å²) in [5.74, 6) is 0.425. The minimum absolute atomic E-state index is 0.143. The van der Waals surface area contributed by atoms with Crippen molar-refractivity contribution >= 4 is 34.6 Å². The molecule has 0 saturated heterocycles. The second-order valence-electron chi connectivity index (χ2n) is 9.60. The third-order valence-corrected chi connectivity index (χ3v) is 6.78. The molecule has 2 aliphatic rings. The van der Waals surface area contributed by atoms with E-state index in [1.165, 1.54) is 11.1 Å². The molecule has 2 N–H and O–H groups in total. The van der Waals surface area contributed by atoms with E-state index >= 15 is 0 Å². The number of aromatic nitrogens is 4. The largest absolute Gasteiger partial charge is 0.324 e. The Morgan fingerprint density at radius 1 is 1.29 bits per heavy atom. The molecule has 0 bridgehead atoms. The zero-order chi connectivity index (χ0) is 23.9. The van der Waals surface area contributed by atoms with Gasteiger partial charge in [0.15, 0.2) is 5.65 Å². The molecule has 1 aromatic carbocycles. The highest BCUT2D eigenvalue weighted by atomic mass is 19.1. The van der Waals surface area contributed by atoms with Gasteiger partial charge in [0, 0.05) is 48.7 Å². The lowest BCUT2D eigenvalue weighted by Gasteiger charge is -2.31. The first-order valence-corrected chi connectivity index (χ1v) is 11.8. The molecule has 4 heterocycles. The molecule has 3 aromatic rings. The van der Waals surface area contributed by atoms with Gasteiger partial charge in [-0.25, -0.2) is 14.3 Å². The fourth-order valence-electron chi connectivity index (χ4n) is 4.63. The summed E-state index contributed by atoms with van der Waals surface area (Å²) in [6.45, 7) is 7.52. The number of hydrogen-bond donors (Lipinski definition) is 2. The van der Waals surface area contributed by atoms with Gasteiger partial charge < -0.3 is 10.6 Å². The minimum atomic E-state index is -0.597. The van der Waals surface area contributed by atoms with Crippen LogP contribution in [0.5, 0.6) is 0 Å². The van der Waals surface area contributed by atoms with Crippen LogP contribution in [0.1, 0.15) is 38.3 Å². The first-order valence-electron chi connectivity index (χ1n) is 11.8. The van der Waals surface area contributed by atoms with Crippen LogP contribution in [-0.2, 0) is 19.5 Å². The Bertz CT molecular complexity index is 1350. The van der Waals surface area contributed by atoms with Crippen LogP contribution in [0.15, 0.2) is 40.3 Å². The van der Waals surface area contributed by atoms with Crippen LogP contribution in [0.4, 0.5) is 16.0 Å². The highest BCUT2D eigenvalue weighted by Crippen LogP contribution is 2.33. The van der Waals surface area contributed by atoms with Crippen molar-refractivity contribution in [2.24, 2.45) is 10.4 Å². The Kier molecular flexibility index (Phi) is 5.81. The van der Waals surface area contributed by atoms with Gasteiger partial charge in [-0.05, 0) is 49.2 Å². The quantitative estimate of drug-likeness (QED) is 0.582. The molecule has 8 nitrogen and oxygen atoms in total. The van der Waals surface area contributed by atoms with Gasteiger partial charge in [-0.1, -0.05) is 19.9 Å². The molecular weight excluding hydrogens is 433 g/mol. The van der Waals surface area contributed by atoms with Crippen LogP contribution in [0.25, 0.3) is 16.7 Å². The van der Waals surface area contributed by atoms with Gasteiger partial charge in [0.25, 0.3) is 5.56 Å². The third kappa shape index (κ3) is 3.94. The molecule has 0 fully saturated rings. The van der Waals surface area contributed by atoms with E-state index in [9.17, 15) is 9.18 Å².